The Balaban J connectivity index is 2.51. The summed E-state index contributed by atoms with van der Waals surface area (Å²) < 4.78 is 101. The lowest BCUT2D eigenvalue weighted by molar-refractivity contribution is -0.142. The molecule has 0 saturated carbocycles. The number of alkyl halides is 6. The quantitative estimate of drug-likeness (QED) is 0.230. The maximum absolute atomic E-state index is 13.3. The van der Waals surface area contributed by atoms with Crippen LogP contribution < -0.4 is 5.32 Å². The van der Waals surface area contributed by atoms with E-state index in [2.05, 4.69) is 5.10 Å². The van der Waals surface area contributed by atoms with Crippen LogP contribution in [-0.4, -0.2) is 44.8 Å². The monoisotopic (exact) mass is 606 g/mol. The molecule has 0 fully saturated rings. The van der Waals surface area contributed by atoms with Crippen LogP contribution in [0.1, 0.15) is 24.6 Å². The number of aromatic nitrogens is 2. The van der Waals surface area contributed by atoms with E-state index in [4.69, 9.17) is 32.7 Å². The van der Waals surface area contributed by atoms with Crippen LogP contribution in [-0.2, 0) is 31.2 Å². The lowest BCUT2D eigenvalue weighted by atomic mass is 10.2. The van der Waals surface area contributed by atoms with Crippen LogP contribution >= 0.6 is 23.2 Å². The third-order valence-electron chi connectivity index (χ3n) is 4.23. The smallest absolute Gasteiger partial charge is 0.461 e. The predicted octanol–water partition coefficient (Wildman–Crippen LogP) is 5.75. The van der Waals surface area contributed by atoms with Gasteiger partial charge in [0.2, 0.25) is 0 Å². The SMILES string of the molecule is CCC(=O)OC/C=C/COC(=O)Nc1c(S(=O)C(F)(F)F)c(C#N)nn1-c1c(Cl)cc(C(F)(F)F)cc1Cl. The predicted molar refractivity (Wildman–Crippen MR) is 121 cm³/mol. The molecular weight excluding hydrogens is 593 g/mol. The first kappa shape index (κ1) is 30.9. The fourth-order valence-corrected chi connectivity index (χ4v) is 4.06. The summed E-state index contributed by atoms with van der Waals surface area (Å²) >= 11 is 11.8. The zero-order chi connectivity index (χ0) is 28.8. The van der Waals surface area contributed by atoms with Crippen LogP contribution in [0.5, 0.6) is 0 Å². The van der Waals surface area contributed by atoms with Gasteiger partial charge in [-0.3, -0.25) is 10.1 Å². The lowest BCUT2D eigenvalue weighted by Gasteiger charge is -2.15. The Kier molecular flexibility index (Phi) is 10.2. The Bertz CT molecular complexity index is 1300. The number of hydrogen-bond donors (Lipinski definition) is 1. The van der Waals surface area contributed by atoms with E-state index in [0.717, 1.165) is 0 Å². The number of esters is 1. The van der Waals surface area contributed by atoms with Gasteiger partial charge in [0.25, 0.3) is 0 Å². The third kappa shape index (κ3) is 7.62. The molecule has 1 atom stereocenters. The number of ether oxygens (including phenoxy) is 2. The minimum Gasteiger partial charge on any atom is -0.461 e. The van der Waals surface area contributed by atoms with Crippen molar-refractivity contribution in [3.05, 3.63) is 45.6 Å². The first-order valence-corrected chi connectivity index (χ1v) is 11.8. The van der Waals surface area contributed by atoms with Crippen LogP contribution in [0.4, 0.5) is 37.0 Å². The van der Waals surface area contributed by atoms with E-state index in [1.165, 1.54) is 18.2 Å². The number of anilines is 1. The maximum Gasteiger partial charge on any atom is 0.476 e. The van der Waals surface area contributed by atoms with Crippen molar-refractivity contribution >= 4 is 51.9 Å². The number of nitriles is 1. The van der Waals surface area contributed by atoms with Gasteiger partial charge in [-0.15, -0.1) is 0 Å². The molecule has 38 heavy (non-hydrogen) atoms. The summed E-state index contributed by atoms with van der Waals surface area (Å²) in [7, 11) is -3.95. The Morgan fingerprint density at radius 3 is 2.16 bits per heavy atom. The fourth-order valence-electron chi connectivity index (χ4n) is 2.61. The van der Waals surface area contributed by atoms with Gasteiger partial charge in [-0.05, 0) is 24.3 Å². The number of nitrogens with one attached hydrogen (secondary N) is 1. The Hall–Kier alpha value is -3.29. The summed E-state index contributed by atoms with van der Waals surface area (Å²) in [6.45, 7) is 0.927. The molecule has 1 amide bonds. The average Bonchev–Trinajstić information content (AvgIpc) is 3.16. The standard InChI is InChI=1S/C20H14Cl2F6N4O5S/c1-2-14(33)36-5-3-4-6-37-18(34)30-17-16(38(35)20(26,27)28)13(9-29)31-32(17)15-11(21)7-10(8-12(15)22)19(23,24)25/h3-4,7-8H,2,5-6H2,1H3,(H,30,34)/b4-3+. The zero-order valence-corrected chi connectivity index (χ0v) is 21.1. The lowest BCUT2D eigenvalue weighted by Crippen LogP contribution is -2.21. The maximum atomic E-state index is 13.3. The molecule has 1 aromatic carbocycles. The number of halogens is 8. The number of nitrogens with zero attached hydrogens (tertiary/aromatic N) is 3. The minimum absolute atomic E-state index is 0.125. The van der Waals surface area contributed by atoms with Crippen molar-refractivity contribution in [2.75, 3.05) is 18.5 Å². The molecular formula is C20H14Cl2F6N4O5S. The molecule has 0 saturated heterocycles. The van der Waals surface area contributed by atoms with Gasteiger partial charge in [-0.2, -0.15) is 36.7 Å². The highest BCUT2D eigenvalue weighted by Crippen LogP contribution is 2.41. The van der Waals surface area contributed by atoms with Crippen LogP contribution in [0.2, 0.25) is 10.0 Å². The highest BCUT2D eigenvalue weighted by molar-refractivity contribution is 7.86. The molecule has 0 radical (unpaired) electrons. The van der Waals surface area contributed by atoms with Gasteiger partial charge in [-0.25, -0.2) is 13.7 Å². The Morgan fingerprint density at radius 1 is 1.13 bits per heavy atom. The van der Waals surface area contributed by atoms with Crippen LogP contribution in [0, 0.1) is 11.3 Å². The Labute approximate surface area is 222 Å². The van der Waals surface area contributed by atoms with E-state index in [1.54, 1.807) is 6.92 Å². The van der Waals surface area contributed by atoms with Crippen molar-refractivity contribution in [1.29, 1.82) is 5.26 Å². The summed E-state index contributed by atoms with van der Waals surface area (Å²) in [6, 6.07) is 2.04. The topological polar surface area (TPSA) is 123 Å². The second-order valence-electron chi connectivity index (χ2n) is 6.78. The molecule has 0 aliphatic rings. The van der Waals surface area contributed by atoms with Gasteiger partial charge in [0, 0.05) is 6.42 Å². The molecule has 0 aliphatic heterocycles. The van der Waals surface area contributed by atoms with E-state index in [0.29, 0.717) is 16.8 Å². The second kappa shape index (κ2) is 12.5. The summed E-state index contributed by atoms with van der Waals surface area (Å²) in [5, 5.41) is 13.1. The number of rotatable bonds is 8. The molecule has 0 aliphatic carbocycles. The van der Waals surface area contributed by atoms with Gasteiger partial charge in [0.05, 0.1) is 15.6 Å². The molecule has 9 nitrogen and oxygen atoms in total. The normalized spacial score (nSPS) is 12.7. The molecule has 1 N–H and O–H groups in total. The summed E-state index contributed by atoms with van der Waals surface area (Å²) in [4.78, 5) is 22.0. The highest BCUT2D eigenvalue weighted by Gasteiger charge is 2.43. The van der Waals surface area contributed by atoms with Crippen LogP contribution in [0.15, 0.2) is 29.2 Å². The van der Waals surface area contributed by atoms with Gasteiger partial charge in [0.1, 0.15) is 29.9 Å². The summed E-state index contributed by atoms with van der Waals surface area (Å²) in [5.41, 5.74) is -8.50. The number of benzene rings is 1. The van der Waals surface area contributed by atoms with E-state index >= 15 is 0 Å². The molecule has 1 unspecified atom stereocenters. The van der Waals surface area contributed by atoms with Crippen molar-refractivity contribution < 1.29 is 49.6 Å². The first-order chi connectivity index (χ1) is 17.6. The van der Waals surface area contributed by atoms with Gasteiger partial charge in [0.15, 0.2) is 22.3 Å². The van der Waals surface area contributed by atoms with E-state index < -0.39 is 78.9 Å². The van der Waals surface area contributed by atoms with E-state index in [1.807, 2.05) is 5.32 Å². The van der Waals surface area contributed by atoms with Crippen LogP contribution in [0.25, 0.3) is 5.69 Å². The molecule has 0 bridgehead atoms. The fraction of sp³-hybridized carbons (Fsp3) is 0.300. The number of carbonyl (C=O) groups is 2. The molecule has 0 spiro atoms. The van der Waals surface area contributed by atoms with Crippen molar-refractivity contribution in [3.8, 4) is 11.8 Å². The van der Waals surface area contributed by atoms with Crippen molar-refractivity contribution in [1.82, 2.24) is 9.78 Å². The molecule has 1 heterocycles. The molecule has 2 rings (SSSR count). The summed E-state index contributed by atoms with van der Waals surface area (Å²) in [5.74, 6) is -1.55. The van der Waals surface area contributed by atoms with Crippen molar-refractivity contribution in [2.24, 2.45) is 0 Å². The number of hydrogen-bond acceptors (Lipinski definition) is 7. The zero-order valence-electron chi connectivity index (χ0n) is 18.7. The minimum atomic E-state index is -5.44. The molecule has 2 aromatic rings. The summed E-state index contributed by atoms with van der Waals surface area (Å²) in [6.07, 6.45) is -3.70. The van der Waals surface area contributed by atoms with Crippen LogP contribution in [0.3, 0.4) is 0 Å². The van der Waals surface area contributed by atoms with Crippen molar-refractivity contribution in [2.45, 2.75) is 29.9 Å². The first-order valence-electron chi connectivity index (χ1n) is 9.94. The van der Waals surface area contributed by atoms with E-state index in [9.17, 15) is 45.4 Å². The molecule has 18 heteroatoms. The third-order valence-corrected chi connectivity index (χ3v) is 5.98. The molecule has 206 valence electrons. The second-order valence-corrected chi connectivity index (χ2v) is 9.01. The van der Waals surface area contributed by atoms with Gasteiger partial charge < -0.3 is 9.47 Å². The molecule has 1 aromatic heterocycles. The Morgan fingerprint density at radius 2 is 1.68 bits per heavy atom. The average molecular weight is 607 g/mol. The largest absolute Gasteiger partial charge is 0.476 e. The van der Waals surface area contributed by atoms with E-state index in [-0.39, 0.29) is 13.0 Å². The highest BCUT2D eigenvalue weighted by atomic mass is 35.5. The van der Waals surface area contributed by atoms with Crippen molar-refractivity contribution in [3.63, 3.8) is 0 Å². The number of carbonyl (C=O) groups excluding carboxylic acids is 2. The number of amides is 1. The van der Waals surface area contributed by atoms with Gasteiger partial charge in [-0.1, -0.05) is 30.1 Å². The van der Waals surface area contributed by atoms with Gasteiger partial charge >= 0.3 is 23.7 Å².